The van der Waals surface area contributed by atoms with E-state index in [0.717, 1.165) is 11.3 Å². The SMILES string of the molecule is Nc1ccc(N(CCO)CCO)cc1C1=CCC(=C=NCCO)O1. The second kappa shape index (κ2) is 9.10. The molecule has 0 atom stereocenters. The van der Waals surface area contributed by atoms with Gasteiger partial charge in [-0.3, -0.25) is 0 Å². The standard InChI is InChI=1S/C17H23N3O4/c18-16-3-1-13(20(6-9-22)7-10-23)11-15(16)17-4-2-14(24-17)12-19-5-8-21/h1,3-4,11,21-23H,2,5-10,18H2. The first-order chi connectivity index (χ1) is 11.7. The van der Waals surface area contributed by atoms with Crippen molar-refractivity contribution in [1.29, 1.82) is 0 Å². The van der Waals surface area contributed by atoms with E-state index in [1.165, 1.54) is 0 Å². The molecule has 2 rings (SSSR count). The predicted molar refractivity (Wildman–Crippen MR) is 93.8 cm³/mol. The maximum atomic E-state index is 9.17. The topological polar surface area (TPSA) is 112 Å². The van der Waals surface area contributed by atoms with Crippen molar-refractivity contribution in [2.75, 3.05) is 50.1 Å². The van der Waals surface area contributed by atoms with Crippen molar-refractivity contribution in [3.8, 4) is 0 Å². The molecule has 130 valence electrons. The molecule has 24 heavy (non-hydrogen) atoms. The van der Waals surface area contributed by atoms with Gasteiger partial charge in [-0.05, 0) is 24.3 Å². The van der Waals surface area contributed by atoms with Crippen LogP contribution < -0.4 is 10.6 Å². The maximum absolute atomic E-state index is 9.17. The summed E-state index contributed by atoms with van der Waals surface area (Å²) in [6, 6.07) is 5.50. The molecule has 1 aromatic carbocycles. The van der Waals surface area contributed by atoms with Crippen LogP contribution in [-0.2, 0) is 4.74 Å². The quantitative estimate of drug-likeness (QED) is 0.404. The van der Waals surface area contributed by atoms with Crippen LogP contribution in [0.15, 0.2) is 35.0 Å². The van der Waals surface area contributed by atoms with Crippen molar-refractivity contribution < 1.29 is 20.1 Å². The molecule has 0 bridgehead atoms. The molecule has 0 spiro atoms. The van der Waals surface area contributed by atoms with Crippen LogP contribution in [0.25, 0.3) is 5.76 Å². The molecule has 0 radical (unpaired) electrons. The Morgan fingerprint density at radius 3 is 2.58 bits per heavy atom. The molecule has 7 nitrogen and oxygen atoms in total. The number of hydrogen-bond acceptors (Lipinski definition) is 7. The molecule has 0 saturated heterocycles. The van der Waals surface area contributed by atoms with Crippen LogP contribution in [-0.4, -0.2) is 60.6 Å². The number of nitrogens with zero attached hydrogens (tertiary/aromatic N) is 2. The average Bonchev–Trinajstić information content (AvgIpc) is 3.04. The second-order valence-corrected chi connectivity index (χ2v) is 5.22. The van der Waals surface area contributed by atoms with Gasteiger partial charge in [-0.1, -0.05) is 0 Å². The zero-order chi connectivity index (χ0) is 17.4. The number of aliphatic imine (C=N–C) groups is 1. The minimum absolute atomic E-state index is 0.00683. The number of hydrogen-bond donors (Lipinski definition) is 4. The minimum Gasteiger partial charge on any atom is -0.451 e. The molecule has 0 fully saturated rings. The first-order valence-corrected chi connectivity index (χ1v) is 7.83. The van der Waals surface area contributed by atoms with Crippen LogP contribution in [0.4, 0.5) is 11.4 Å². The predicted octanol–water partition coefficient (Wildman–Crippen LogP) is 0.367. The number of anilines is 2. The van der Waals surface area contributed by atoms with Gasteiger partial charge in [0.25, 0.3) is 0 Å². The summed E-state index contributed by atoms with van der Waals surface area (Å²) < 4.78 is 5.72. The fourth-order valence-corrected chi connectivity index (χ4v) is 2.39. The van der Waals surface area contributed by atoms with Gasteiger partial charge >= 0.3 is 0 Å². The van der Waals surface area contributed by atoms with E-state index in [0.29, 0.717) is 36.7 Å². The lowest BCUT2D eigenvalue weighted by atomic mass is 10.1. The number of aliphatic hydroxyl groups is 3. The number of allylic oxidation sites excluding steroid dienone is 1. The molecule has 1 heterocycles. The summed E-state index contributed by atoms with van der Waals surface area (Å²) in [6.07, 6.45) is 2.46. The Labute approximate surface area is 141 Å². The Morgan fingerprint density at radius 1 is 1.17 bits per heavy atom. The third kappa shape index (κ3) is 4.59. The Balaban J connectivity index is 2.22. The normalized spacial score (nSPS) is 13.3. The Bertz CT molecular complexity index is 645. The third-order valence-electron chi connectivity index (χ3n) is 3.53. The van der Waals surface area contributed by atoms with Crippen molar-refractivity contribution >= 4 is 23.0 Å². The molecule has 7 heteroatoms. The third-order valence-corrected chi connectivity index (χ3v) is 3.53. The molecule has 1 aromatic rings. The van der Waals surface area contributed by atoms with E-state index >= 15 is 0 Å². The molecule has 0 aliphatic carbocycles. The molecule has 0 unspecified atom stereocenters. The highest BCUT2D eigenvalue weighted by molar-refractivity contribution is 5.78. The summed E-state index contributed by atoms with van der Waals surface area (Å²) in [5, 5.41) is 27.1. The molecule has 0 amide bonds. The van der Waals surface area contributed by atoms with Crippen LogP contribution >= 0.6 is 0 Å². The molecular formula is C17H23N3O4. The molecule has 0 saturated carbocycles. The van der Waals surface area contributed by atoms with Crippen LogP contribution in [0.1, 0.15) is 12.0 Å². The van der Waals surface area contributed by atoms with E-state index in [1.807, 2.05) is 23.1 Å². The van der Waals surface area contributed by atoms with Crippen LogP contribution in [0.5, 0.6) is 0 Å². The zero-order valence-corrected chi connectivity index (χ0v) is 13.5. The van der Waals surface area contributed by atoms with Gasteiger partial charge in [0.15, 0.2) is 5.76 Å². The van der Waals surface area contributed by atoms with E-state index in [4.69, 9.17) is 15.6 Å². The van der Waals surface area contributed by atoms with Gasteiger partial charge < -0.3 is 30.7 Å². The molecule has 5 N–H and O–H groups in total. The maximum Gasteiger partial charge on any atom is 0.168 e. The number of benzene rings is 1. The van der Waals surface area contributed by atoms with E-state index in [1.54, 1.807) is 6.07 Å². The molecule has 1 aliphatic rings. The van der Waals surface area contributed by atoms with Crippen LogP contribution in [0.2, 0.25) is 0 Å². The van der Waals surface area contributed by atoms with Crippen LogP contribution in [0, 0.1) is 0 Å². The number of nitrogen functional groups attached to an aromatic ring is 1. The highest BCUT2D eigenvalue weighted by atomic mass is 16.5. The smallest absolute Gasteiger partial charge is 0.168 e. The van der Waals surface area contributed by atoms with Crippen molar-refractivity contribution in [2.45, 2.75) is 6.42 Å². The average molecular weight is 333 g/mol. The summed E-state index contributed by atoms with van der Waals surface area (Å²) in [6.45, 7) is 1.09. The fourth-order valence-electron chi connectivity index (χ4n) is 2.39. The van der Waals surface area contributed by atoms with Crippen molar-refractivity contribution in [2.24, 2.45) is 4.99 Å². The molecule has 0 aromatic heterocycles. The summed E-state index contributed by atoms with van der Waals surface area (Å²) >= 11 is 0. The van der Waals surface area contributed by atoms with Gasteiger partial charge in [0, 0.05) is 42.3 Å². The number of nitrogens with two attached hydrogens (primary N) is 1. The van der Waals surface area contributed by atoms with Gasteiger partial charge in [-0.25, -0.2) is 4.99 Å². The highest BCUT2D eigenvalue weighted by Gasteiger charge is 2.17. The minimum atomic E-state index is -0.0267. The van der Waals surface area contributed by atoms with Gasteiger partial charge in [0.05, 0.1) is 26.4 Å². The summed E-state index contributed by atoms with van der Waals surface area (Å²) in [4.78, 5) is 5.80. The lowest BCUT2D eigenvalue weighted by molar-refractivity contribution is 0.281. The Kier molecular flexibility index (Phi) is 6.84. The highest BCUT2D eigenvalue weighted by Crippen LogP contribution is 2.33. The van der Waals surface area contributed by atoms with Gasteiger partial charge in [-0.15, -0.1) is 0 Å². The largest absolute Gasteiger partial charge is 0.451 e. The zero-order valence-electron chi connectivity index (χ0n) is 13.5. The molecular weight excluding hydrogens is 310 g/mol. The van der Waals surface area contributed by atoms with Crippen molar-refractivity contribution in [3.63, 3.8) is 0 Å². The van der Waals surface area contributed by atoms with E-state index in [2.05, 4.69) is 10.9 Å². The number of ether oxygens (including phenoxy) is 1. The van der Waals surface area contributed by atoms with E-state index < -0.39 is 0 Å². The Morgan fingerprint density at radius 2 is 1.92 bits per heavy atom. The van der Waals surface area contributed by atoms with Crippen LogP contribution in [0.3, 0.4) is 0 Å². The summed E-state index contributed by atoms with van der Waals surface area (Å²) in [5.74, 6) is 3.97. The second-order valence-electron chi connectivity index (χ2n) is 5.22. The summed E-state index contributed by atoms with van der Waals surface area (Å²) in [5.41, 5.74) is 8.22. The van der Waals surface area contributed by atoms with Crippen molar-refractivity contribution in [3.05, 3.63) is 35.6 Å². The molecule has 1 aliphatic heterocycles. The Hall–Kier alpha value is -2.31. The van der Waals surface area contributed by atoms with E-state index in [-0.39, 0.29) is 26.4 Å². The van der Waals surface area contributed by atoms with E-state index in [9.17, 15) is 10.2 Å². The van der Waals surface area contributed by atoms with Crippen molar-refractivity contribution in [1.82, 2.24) is 0 Å². The number of rotatable bonds is 8. The number of aliphatic hydroxyl groups excluding tert-OH is 3. The lowest BCUT2D eigenvalue weighted by Gasteiger charge is -2.24. The first kappa shape index (κ1) is 18.0. The summed E-state index contributed by atoms with van der Waals surface area (Å²) in [7, 11) is 0. The van der Waals surface area contributed by atoms with Gasteiger partial charge in [0.1, 0.15) is 5.76 Å². The van der Waals surface area contributed by atoms with Gasteiger partial charge in [0.2, 0.25) is 0 Å². The monoisotopic (exact) mass is 333 g/mol. The van der Waals surface area contributed by atoms with Gasteiger partial charge in [-0.2, -0.15) is 0 Å². The fraction of sp³-hybridized carbons (Fsp3) is 0.412. The first-order valence-electron chi connectivity index (χ1n) is 7.83. The lowest BCUT2D eigenvalue weighted by Crippen LogP contribution is -2.29.